The highest BCUT2D eigenvalue weighted by Crippen LogP contribution is 2.38. The first-order valence-electron chi connectivity index (χ1n) is 10.2. The number of benzene rings is 2. The number of aliphatic carboxylic acids is 1. The summed E-state index contributed by atoms with van der Waals surface area (Å²) in [5.74, 6) is -0.961. The summed E-state index contributed by atoms with van der Waals surface area (Å²) >= 11 is -2.24. The average Bonchev–Trinajstić information content (AvgIpc) is 3.11. The molecule has 3 aromatic rings. The lowest BCUT2D eigenvalue weighted by molar-refractivity contribution is -0.137. The molecule has 0 bridgehead atoms. The maximum atomic E-state index is 12.4. The normalized spacial score (nSPS) is 16.5. The van der Waals surface area contributed by atoms with E-state index in [-0.39, 0.29) is 12.6 Å². The van der Waals surface area contributed by atoms with Gasteiger partial charge in [0.05, 0.1) is 17.9 Å². The Morgan fingerprint density at radius 2 is 1.84 bits per heavy atom. The number of hydrogen-bond acceptors (Lipinski definition) is 3. The van der Waals surface area contributed by atoms with Gasteiger partial charge in [0.2, 0.25) is 0 Å². The van der Waals surface area contributed by atoms with Gasteiger partial charge >= 0.3 is 5.97 Å². The minimum Gasteiger partial charge on any atom is -0.480 e. The van der Waals surface area contributed by atoms with Crippen molar-refractivity contribution in [2.24, 2.45) is 0 Å². The summed E-state index contributed by atoms with van der Waals surface area (Å²) < 4.78 is 25.4. The SMILES string of the molecule is Cc1cc(C)cc(-c2ccc(N(C3CCCc4c3cnn4CC(=O)O)S(=O)O)cc2)c1. The third kappa shape index (κ3) is 4.40. The van der Waals surface area contributed by atoms with E-state index in [4.69, 9.17) is 5.11 Å². The fourth-order valence-electron chi connectivity index (χ4n) is 4.42. The summed E-state index contributed by atoms with van der Waals surface area (Å²) in [4.78, 5) is 11.1. The number of carbonyl (C=O) groups is 1. The van der Waals surface area contributed by atoms with Crippen LogP contribution in [0.4, 0.5) is 5.69 Å². The van der Waals surface area contributed by atoms with Gasteiger partial charge in [0.15, 0.2) is 0 Å². The highest BCUT2D eigenvalue weighted by Gasteiger charge is 2.32. The third-order valence-corrected chi connectivity index (χ3v) is 6.45. The van der Waals surface area contributed by atoms with Crippen LogP contribution in [0.5, 0.6) is 0 Å². The van der Waals surface area contributed by atoms with E-state index in [9.17, 15) is 13.6 Å². The van der Waals surface area contributed by atoms with Crippen LogP contribution in [-0.4, -0.2) is 29.6 Å². The van der Waals surface area contributed by atoms with Gasteiger partial charge in [-0.05, 0) is 56.4 Å². The van der Waals surface area contributed by atoms with Crippen molar-refractivity contribution in [2.75, 3.05) is 4.31 Å². The zero-order chi connectivity index (χ0) is 22.1. The van der Waals surface area contributed by atoms with Gasteiger partial charge in [-0.15, -0.1) is 0 Å². The van der Waals surface area contributed by atoms with E-state index >= 15 is 0 Å². The second-order valence-corrected chi connectivity index (χ2v) is 8.84. The van der Waals surface area contributed by atoms with Crippen molar-refractivity contribution >= 4 is 22.9 Å². The zero-order valence-electron chi connectivity index (χ0n) is 17.5. The molecule has 2 N–H and O–H groups in total. The molecule has 8 heteroatoms. The molecular formula is C23H25N3O4S. The molecule has 1 aliphatic rings. The van der Waals surface area contributed by atoms with Crippen molar-refractivity contribution in [1.29, 1.82) is 0 Å². The molecule has 1 aliphatic carbocycles. The summed E-state index contributed by atoms with van der Waals surface area (Å²) in [6, 6.07) is 13.7. The van der Waals surface area contributed by atoms with Crippen molar-refractivity contribution in [2.45, 2.75) is 45.7 Å². The fourth-order valence-corrected chi connectivity index (χ4v) is 5.16. The lowest BCUT2D eigenvalue weighted by Crippen LogP contribution is -2.33. The summed E-state index contributed by atoms with van der Waals surface area (Å²) in [6.07, 6.45) is 3.82. The highest BCUT2D eigenvalue weighted by molar-refractivity contribution is 7.80. The van der Waals surface area contributed by atoms with Crippen LogP contribution >= 0.6 is 0 Å². The van der Waals surface area contributed by atoms with Crippen LogP contribution in [0.1, 0.15) is 41.3 Å². The number of carboxylic acids is 1. The van der Waals surface area contributed by atoms with Crippen molar-refractivity contribution in [1.82, 2.24) is 9.78 Å². The monoisotopic (exact) mass is 439 g/mol. The summed E-state index contributed by atoms with van der Waals surface area (Å²) in [5, 5.41) is 13.3. The number of aryl methyl sites for hydroxylation is 2. The minimum atomic E-state index is -2.24. The van der Waals surface area contributed by atoms with E-state index in [0.29, 0.717) is 18.5 Å². The molecule has 0 radical (unpaired) electrons. The molecule has 1 aromatic heterocycles. The maximum Gasteiger partial charge on any atom is 0.325 e. The molecule has 2 unspecified atom stereocenters. The molecule has 2 aromatic carbocycles. The van der Waals surface area contributed by atoms with Crippen LogP contribution in [0, 0.1) is 13.8 Å². The van der Waals surface area contributed by atoms with Gasteiger partial charge in [0.25, 0.3) is 11.3 Å². The molecule has 0 aliphatic heterocycles. The number of rotatable bonds is 6. The number of aromatic nitrogens is 2. The van der Waals surface area contributed by atoms with E-state index < -0.39 is 17.2 Å². The van der Waals surface area contributed by atoms with Gasteiger partial charge in [0, 0.05) is 11.3 Å². The van der Waals surface area contributed by atoms with E-state index in [1.807, 2.05) is 24.3 Å². The van der Waals surface area contributed by atoms with Gasteiger partial charge < -0.3 is 5.11 Å². The number of nitrogens with zero attached hydrogens (tertiary/aromatic N) is 3. The third-order valence-electron chi connectivity index (χ3n) is 5.64. The molecule has 0 fully saturated rings. The Kier molecular flexibility index (Phi) is 5.93. The van der Waals surface area contributed by atoms with E-state index in [1.165, 1.54) is 20.1 Å². The standard InChI is InChI=1S/C23H25N3O4S/c1-15-10-16(2)12-18(11-15)17-6-8-19(9-7-17)26(31(29)30)22-5-3-4-21-20(22)13-24-25(21)14-23(27)28/h6-13,22H,3-5,14H2,1-2H3,(H,27,28)(H,29,30). The number of carboxylic acid groups (broad SMARTS) is 1. The zero-order valence-corrected chi connectivity index (χ0v) is 18.3. The van der Waals surface area contributed by atoms with Crippen LogP contribution < -0.4 is 4.31 Å². The molecular weight excluding hydrogens is 414 g/mol. The van der Waals surface area contributed by atoms with E-state index in [1.54, 1.807) is 6.20 Å². The molecule has 162 valence electrons. The van der Waals surface area contributed by atoms with E-state index in [2.05, 4.69) is 37.1 Å². The topological polar surface area (TPSA) is 95.7 Å². The Hall–Kier alpha value is -2.97. The lowest BCUT2D eigenvalue weighted by atomic mass is 9.92. The summed E-state index contributed by atoms with van der Waals surface area (Å²) in [6.45, 7) is 3.91. The smallest absolute Gasteiger partial charge is 0.325 e. The van der Waals surface area contributed by atoms with Gasteiger partial charge in [-0.25, -0.2) is 4.21 Å². The average molecular weight is 440 g/mol. The molecule has 7 nitrogen and oxygen atoms in total. The first-order valence-corrected chi connectivity index (χ1v) is 11.2. The van der Waals surface area contributed by atoms with Crippen LogP contribution in [0.15, 0.2) is 48.7 Å². The number of anilines is 1. The van der Waals surface area contributed by atoms with Crippen LogP contribution in [0.2, 0.25) is 0 Å². The first-order chi connectivity index (χ1) is 14.8. The lowest BCUT2D eigenvalue weighted by Gasteiger charge is -2.33. The van der Waals surface area contributed by atoms with Crippen LogP contribution in [-0.2, 0) is 29.0 Å². The Morgan fingerprint density at radius 1 is 1.16 bits per heavy atom. The van der Waals surface area contributed by atoms with E-state index in [0.717, 1.165) is 28.8 Å². The predicted molar refractivity (Wildman–Crippen MR) is 120 cm³/mol. The van der Waals surface area contributed by atoms with Gasteiger partial charge in [-0.2, -0.15) is 5.10 Å². The second-order valence-electron chi connectivity index (χ2n) is 7.99. The van der Waals surface area contributed by atoms with Gasteiger partial charge in [-0.1, -0.05) is 41.5 Å². The van der Waals surface area contributed by atoms with Crippen molar-refractivity contribution in [3.05, 3.63) is 71.0 Å². The summed E-state index contributed by atoms with van der Waals surface area (Å²) in [7, 11) is 0. The molecule has 0 spiro atoms. The van der Waals surface area contributed by atoms with Crippen LogP contribution in [0.3, 0.4) is 0 Å². The first kappa shape index (κ1) is 21.3. The molecule has 31 heavy (non-hydrogen) atoms. The Bertz CT molecular complexity index is 1120. The molecule has 0 amide bonds. The quantitative estimate of drug-likeness (QED) is 0.559. The van der Waals surface area contributed by atoms with Gasteiger partial charge in [0.1, 0.15) is 6.54 Å². The van der Waals surface area contributed by atoms with Crippen LogP contribution in [0.25, 0.3) is 11.1 Å². The highest BCUT2D eigenvalue weighted by atomic mass is 32.2. The minimum absolute atomic E-state index is 0.213. The number of hydrogen-bond donors (Lipinski definition) is 2. The summed E-state index contributed by atoms with van der Waals surface area (Å²) in [5.41, 5.74) is 6.79. The molecule has 4 rings (SSSR count). The predicted octanol–water partition coefficient (Wildman–Crippen LogP) is 4.27. The Labute approximate surface area is 183 Å². The molecule has 0 saturated heterocycles. The maximum absolute atomic E-state index is 12.4. The fraction of sp³-hybridized carbons (Fsp3) is 0.304. The number of fused-ring (bicyclic) bond motifs is 1. The second kappa shape index (κ2) is 8.64. The Morgan fingerprint density at radius 3 is 2.45 bits per heavy atom. The Balaban J connectivity index is 1.67. The van der Waals surface area contributed by atoms with Crippen molar-refractivity contribution in [3.63, 3.8) is 0 Å². The largest absolute Gasteiger partial charge is 0.480 e. The van der Waals surface area contributed by atoms with Gasteiger partial charge in [-0.3, -0.25) is 18.3 Å². The molecule has 0 saturated carbocycles. The molecule has 1 heterocycles. The van der Waals surface area contributed by atoms with Crippen molar-refractivity contribution < 1.29 is 18.7 Å². The van der Waals surface area contributed by atoms with Crippen molar-refractivity contribution in [3.8, 4) is 11.1 Å². The molecule has 2 atom stereocenters.